The van der Waals surface area contributed by atoms with Gasteiger partial charge < -0.3 is 5.11 Å². The molecule has 3 heteroatoms. The molecule has 1 aliphatic rings. The molecule has 1 aliphatic carbocycles. The molecule has 1 N–H and O–H groups in total. The normalized spacial score (nSPS) is 35.0. The van der Waals surface area contributed by atoms with Crippen molar-refractivity contribution in [1.82, 2.24) is 0 Å². The topological polar surface area (TPSA) is 20.2 Å². The van der Waals surface area contributed by atoms with E-state index in [2.05, 4.69) is 58.9 Å². The predicted octanol–water partition coefficient (Wildman–Crippen LogP) is 4.83. The van der Waals surface area contributed by atoms with Gasteiger partial charge in [0.2, 0.25) is 0 Å². The lowest BCUT2D eigenvalue weighted by Crippen LogP contribution is -2.43. The van der Waals surface area contributed by atoms with Gasteiger partial charge in [-0.05, 0) is 37.5 Å². The summed E-state index contributed by atoms with van der Waals surface area (Å²) in [4.78, 5) is 0.840. The van der Waals surface area contributed by atoms with Crippen molar-refractivity contribution >= 4 is 31.9 Å². The van der Waals surface area contributed by atoms with E-state index < -0.39 is 5.60 Å². The Labute approximate surface area is 128 Å². The average molecular weight is 380 g/mol. The fourth-order valence-electron chi connectivity index (χ4n) is 2.65. The van der Waals surface area contributed by atoms with Crippen LogP contribution in [0.15, 0.2) is 24.8 Å². The second-order valence-electron chi connectivity index (χ2n) is 6.22. The molecule has 0 bridgehead atoms. The largest absolute Gasteiger partial charge is 0.386 e. The highest BCUT2D eigenvalue weighted by atomic mass is 79.9. The highest BCUT2D eigenvalue weighted by Crippen LogP contribution is 2.50. The Morgan fingerprint density at radius 3 is 2.56 bits per heavy atom. The van der Waals surface area contributed by atoms with E-state index in [1.165, 1.54) is 5.57 Å². The predicted molar refractivity (Wildman–Crippen MR) is 86.5 cm³/mol. The second-order valence-corrected chi connectivity index (χ2v) is 8.43. The molecule has 0 aromatic heterocycles. The first-order valence-electron chi connectivity index (χ1n) is 6.44. The highest BCUT2D eigenvalue weighted by Gasteiger charge is 2.44. The molecule has 0 aliphatic heterocycles. The van der Waals surface area contributed by atoms with Gasteiger partial charge in [0, 0.05) is 9.65 Å². The minimum atomic E-state index is -0.780. The number of allylic oxidation sites excluding steroid dienone is 1. The zero-order valence-corrected chi connectivity index (χ0v) is 14.7. The fraction of sp³-hybridized carbons (Fsp3) is 0.733. The van der Waals surface area contributed by atoms with Crippen LogP contribution in [0, 0.1) is 11.3 Å². The van der Waals surface area contributed by atoms with Crippen LogP contribution in [-0.4, -0.2) is 20.4 Å². The lowest BCUT2D eigenvalue weighted by atomic mass is 9.64. The Morgan fingerprint density at radius 1 is 1.50 bits per heavy atom. The van der Waals surface area contributed by atoms with Crippen LogP contribution < -0.4 is 0 Å². The molecule has 0 spiro atoms. The molecule has 0 radical (unpaired) electrons. The Balaban J connectivity index is 2.82. The molecule has 18 heavy (non-hydrogen) atoms. The highest BCUT2D eigenvalue weighted by molar-refractivity contribution is 9.10. The van der Waals surface area contributed by atoms with Crippen LogP contribution >= 0.6 is 31.9 Å². The maximum absolute atomic E-state index is 10.1. The summed E-state index contributed by atoms with van der Waals surface area (Å²) in [7, 11) is 0. The first-order valence-corrected chi connectivity index (χ1v) is 8.27. The van der Waals surface area contributed by atoms with Crippen LogP contribution in [0.3, 0.4) is 0 Å². The van der Waals surface area contributed by atoms with Gasteiger partial charge in [0.05, 0.1) is 5.60 Å². The standard InChI is InChI=1S/C15H24Br2O/c1-6-15(5,18)8-7-11-10(2)12(16)9-13(17)14(11,3)4/h6,11-13,18H,1-2,7-9H2,3-5H3/t11-,12-,13-,15-/m1/s1. The molecule has 0 amide bonds. The van der Waals surface area contributed by atoms with Gasteiger partial charge in [-0.25, -0.2) is 0 Å². The molecular formula is C15H24Br2O. The van der Waals surface area contributed by atoms with Gasteiger partial charge in [-0.15, -0.1) is 6.58 Å². The van der Waals surface area contributed by atoms with Crippen molar-refractivity contribution in [3.05, 3.63) is 24.8 Å². The molecule has 4 atom stereocenters. The quantitative estimate of drug-likeness (QED) is 0.547. The first-order chi connectivity index (χ1) is 8.12. The van der Waals surface area contributed by atoms with E-state index in [1.54, 1.807) is 6.08 Å². The van der Waals surface area contributed by atoms with E-state index in [1.807, 2.05) is 6.92 Å². The monoisotopic (exact) mass is 378 g/mol. The molecule has 0 aromatic carbocycles. The molecule has 1 saturated carbocycles. The van der Waals surface area contributed by atoms with Crippen molar-refractivity contribution in [3.8, 4) is 0 Å². The summed E-state index contributed by atoms with van der Waals surface area (Å²) in [5, 5.41) is 10.1. The van der Waals surface area contributed by atoms with Crippen LogP contribution in [-0.2, 0) is 0 Å². The minimum absolute atomic E-state index is 0.165. The summed E-state index contributed by atoms with van der Waals surface area (Å²) in [6, 6.07) is 0. The Kier molecular flexibility index (Phi) is 5.30. The molecule has 1 rings (SSSR count). The smallest absolute Gasteiger partial charge is 0.0797 e. The van der Waals surface area contributed by atoms with Crippen molar-refractivity contribution in [2.75, 3.05) is 0 Å². The lowest BCUT2D eigenvalue weighted by Gasteiger charge is -2.47. The van der Waals surface area contributed by atoms with Crippen LogP contribution in [0.5, 0.6) is 0 Å². The van der Waals surface area contributed by atoms with Crippen molar-refractivity contribution in [2.24, 2.45) is 11.3 Å². The fourth-order valence-corrected chi connectivity index (χ4v) is 4.53. The summed E-state index contributed by atoms with van der Waals surface area (Å²) in [5.41, 5.74) is 0.645. The van der Waals surface area contributed by atoms with Crippen molar-refractivity contribution in [2.45, 2.75) is 55.3 Å². The second kappa shape index (κ2) is 5.80. The number of halogens is 2. The Morgan fingerprint density at radius 2 is 2.06 bits per heavy atom. The summed E-state index contributed by atoms with van der Waals surface area (Å²) in [6.07, 6.45) is 4.36. The molecule has 104 valence electrons. The van der Waals surface area contributed by atoms with E-state index >= 15 is 0 Å². The summed E-state index contributed by atoms with van der Waals surface area (Å²) < 4.78 is 0. The summed E-state index contributed by atoms with van der Waals surface area (Å²) >= 11 is 7.51. The van der Waals surface area contributed by atoms with E-state index in [0.29, 0.717) is 15.6 Å². The van der Waals surface area contributed by atoms with Crippen LogP contribution in [0.1, 0.15) is 40.0 Å². The SMILES string of the molecule is C=C[C@@](C)(O)CC[C@@H]1C(=C)[C@H](Br)C[C@@H](Br)C1(C)C. The maximum Gasteiger partial charge on any atom is 0.0797 e. The third-order valence-electron chi connectivity index (χ3n) is 4.35. The Hall–Kier alpha value is 0.400. The molecule has 1 nitrogen and oxygen atoms in total. The molecule has 0 heterocycles. The molecular weight excluding hydrogens is 356 g/mol. The molecule has 0 unspecified atom stereocenters. The van der Waals surface area contributed by atoms with E-state index in [9.17, 15) is 5.11 Å². The van der Waals surface area contributed by atoms with Gasteiger partial charge >= 0.3 is 0 Å². The van der Waals surface area contributed by atoms with Crippen molar-refractivity contribution < 1.29 is 5.11 Å². The van der Waals surface area contributed by atoms with Gasteiger partial charge in [-0.1, -0.05) is 63.9 Å². The van der Waals surface area contributed by atoms with Gasteiger partial charge in [0.1, 0.15) is 0 Å². The van der Waals surface area contributed by atoms with E-state index in [4.69, 9.17) is 0 Å². The van der Waals surface area contributed by atoms with Gasteiger partial charge in [-0.2, -0.15) is 0 Å². The molecule has 0 aromatic rings. The summed E-state index contributed by atoms with van der Waals surface area (Å²) in [6.45, 7) is 14.3. The van der Waals surface area contributed by atoms with Gasteiger partial charge in [0.25, 0.3) is 0 Å². The molecule has 1 fully saturated rings. The van der Waals surface area contributed by atoms with Crippen LogP contribution in [0.25, 0.3) is 0 Å². The van der Waals surface area contributed by atoms with Crippen LogP contribution in [0.2, 0.25) is 0 Å². The lowest BCUT2D eigenvalue weighted by molar-refractivity contribution is 0.0818. The summed E-state index contributed by atoms with van der Waals surface area (Å²) in [5.74, 6) is 0.409. The average Bonchev–Trinajstić information content (AvgIpc) is 2.26. The zero-order chi connectivity index (χ0) is 14.1. The molecule has 0 saturated heterocycles. The first kappa shape index (κ1) is 16.5. The number of hydrogen-bond donors (Lipinski definition) is 1. The third-order valence-corrected chi connectivity index (χ3v) is 6.86. The van der Waals surface area contributed by atoms with Gasteiger partial charge in [-0.3, -0.25) is 0 Å². The van der Waals surface area contributed by atoms with E-state index in [0.717, 1.165) is 19.3 Å². The maximum atomic E-state index is 10.1. The number of aliphatic hydroxyl groups is 1. The minimum Gasteiger partial charge on any atom is -0.386 e. The van der Waals surface area contributed by atoms with Crippen molar-refractivity contribution in [3.63, 3.8) is 0 Å². The number of alkyl halides is 2. The van der Waals surface area contributed by atoms with E-state index in [-0.39, 0.29) is 5.41 Å². The number of hydrogen-bond acceptors (Lipinski definition) is 1. The number of rotatable bonds is 4. The third kappa shape index (κ3) is 3.49. The van der Waals surface area contributed by atoms with Gasteiger partial charge in [0.15, 0.2) is 0 Å². The van der Waals surface area contributed by atoms with Crippen molar-refractivity contribution in [1.29, 1.82) is 0 Å². The zero-order valence-electron chi connectivity index (χ0n) is 11.5. The van der Waals surface area contributed by atoms with Crippen LogP contribution in [0.4, 0.5) is 0 Å². The Bertz CT molecular complexity index is 333.